The van der Waals surface area contributed by atoms with E-state index in [1.165, 1.54) is 0 Å². The highest BCUT2D eigenvalue weighted by Crippen LogP contribution is 2.27. The summed E-state index contributed by atoms with van der Waals surface area (Å²) in [5.41, 5.74) is 5.57. The number of nitrogens with zero attached hydrogens (tertiary/aromatic N) is 2. The molecule has 2 rings (SSSR count). The van der Waals surface area contributed by atoms with Gasteiger partial charge in [0.25, 0.3) is 0 Å². The predicted octanol–water partition coefficient (Wildman–Crippen LogP) is 1.67. The maximum absolute atomic E-state index is 12.0. The number of nitrogens with one attached hydrogen (secondary N) is 1. The van der Waals surface area contributed by atoms with Crippen LogP contribution >= 0.6 is 23.2 Å². The Kier molecular flexibility index (Phi) is 3.47. The fourth-order valence-corrected chi connectivity index (χ4v) is 3.26. The highest BCUT2D eigenvalue weighted by atomic mass is 35.5. The van der Waals surface area contributed by atoms with Crippen LogP contribution in [0.2, 0.25) is 10.0 Å². The third kappa shape index (κ3) is 2.58. The molecule has 6 nitrogen and oxygen atoms in total. The number of H-pyrrole nitrogens is 1. The molecule has 0 bridgehead atoms. The summed E-state index contributed by atoms with van der Waals surface area (Å²) in [6, 6.07) is 4.76. The van der Waals surface area contributed by atoms with Gasteiger partial charge in [-0.05, 0) is 12.1 Å². The molecule has 1 aromatic carbocycles. The Bertz CT molecular complexity index is 663. The summed E-state index contributed by atoms with van der Waals surface area (Å²) in [6.07, 6.45) is 0. The number of rotatable bonds is 3. The zero-order chi connectivity index (χ0) is 13.3. The van der Waals surface area contributed by atoms with Gasteiger partial charge in [-0.25, -0.2) is 13.5 Å². The van der Waals surface area contributed by atoms with E-state index >= 15 is 0 Å². The zero-order valence-electron chi connectivity index (χ0n) is 8.89. The lowest BCUT2D eigenvalue weighted by Gasteiger charge is -2.05. The molecule has 0 atom stereocenters. The van der Waals surface area contributed by atoms with Gasteiger partial charge in [-0.3, -0.25) is 0 Å². The normalized spacial score (nSPS) is 11.7. The molecule has 1 heterocycles. The minimum absolute atomic E-state index is 0.140. The van der Waals surface area contributed by atoms with E-state index in [2.05, 4.69) is 15.2 Å². The number of nitrogens with two attached hydrogens (primary N) is 1. The molecule has 0 fully saturated rings. The monoisotopic (exact) mass is 306 g/mol. The van der Waals surface area contributed by atoms with Gasteiger partial charge in [0.2, 0.25) is 20.9 Å². The van der Waals surface area contributed by atoms with Crippen molar-refractivity contribution in [1.29, 1.82) is 0 Å². The summed E-state index contributed by atoms with van der Waals surface area (Å²) in [7, 11) is -3.72. The molecule has 2 aromatic rings. The first-order chi connectivity index (χ1) is 8.40. The summed E-state index contributed by atoms with van der Waals surface area (Å²) in [6.45, 7) is 0. The van der Waals surface area contributed by atoms with Crippen molar-refractivity contribution >= 4 is 39.0 Å². The zero-order valence-corrected chi connectivity index (χ0v) is 11.2. The molecule has 18 heavy (non-hydrogen) atoms. The van der Waals surface area contributed by atoms with Crippen molar-refractivity contribution in [3.63, 3.8) is 0 Å². The van der Waals surface area contributed by atoms with Gasteiger partial charge in [0, 0.05) is 15.6 Å². The molecular formula is C9H8Cl2N4O2S. The number of sulfone groups is 1. The van der Waals surface area contributed by atoms with E-state index in [0.717, 1.165) is 0 Å². The fourth-order valence-electron chi connectivity index (χ4n) is 1.33. The largest absolute Gasteiger partial charge is 0.366 e. The van der Waals surface area contributed by atoms with E-state index in [9.17, 15) is 8.42 Å². The Morgan fingerprint density at radius 1 is 1.28 bits per heavy atom. The molecule has 96 valence electrons. The molecule has 9 heteroatoms. The first-order valence-corrected chi connectivity index (χ1v) is 7.14. The van der Waals surface area contributed by atoms with Crippen LogP contribution < -0.4 is 5.73 Å². The van der Waals surface area contributed by atoms with Gasteiger partial charge < -0.3 is 5.73 Å². The molecule has 0 radical (unpaired) electrons. The number of anilines is 1. The van der Waals surface area contributed by atoms with E-state index in [-0.39, 0.29) is 26.9 Å². The summed E-state index contributed by atoms with van der Waals surface area (Å²) in [4.78, 5) is 3.57. The molecule has 0 aliphatic rings. The smallest absolute Gasteiger partial charge is 0.245 e. The molecule has 0 unspecified atom stereocenters. The van der Waals surface area contributed by atoms with Crippen LogP contribution in [0.1, 0.15) is 5.56 Å². The Morgan fingerprint density at radius 3 is 2.39 bits per heavy atom. The van der Waals surface area contributed by atoms with Crippen molar-refractivity contribution < 1.29 is 8.42 Å². The minimum Gasteiger partial charge on any atom is -0.366 e. The van der Waals surface area contributed by atoms with Crippen LogP contribution in [0, 0.1) is 0 Å². The summed E-state index contributed by atoms with van der Waals surface area (Å²) in [5.74, 6) is -0.515. The van der Waals surface area contributed by atoms with Gasteiger partial charge in [-0.2, -0.15) is 4.98 Å². The molecule has 0 amide bonds. The molecule has 0 aliphatic heterocycles. The predicted molar refractivity (Wildman–Crippen MR) is 68.1 cm³/mol. The van der Waals surface area contributed by atoms with Gasteiger partial charge in [0.05, 0.1) is 5.75 Å². The van der Waals surface area contributed by atoms with E-state index in [1.54, 1.807) is 18.2 Å². The maximum atomic E-state index is 12.0. The van der Waals surface area contributed by atoms with Gasteiger partial charge >= 0.3 is 0 Å². The lowest BCUT2D eigenvalue weighted by Crippen LogP contribution is -2.08. The molecule has 0 saturated carbocycles. The van der Waals surface area contributed by atoms with Crippen molar-refractivity contribution in [2.45, 2.75) is 10.9 Å². The minimum atomic E-state index is -3.72. The van der Waals surface area contributed by atoms with Crippen LogP contribution in [0.3, 0.4) is 0 Å². The molecular weight excluding hydrogens is 299 g/mol. The number of halogens is 2. The third-order valence-electron chi connectivity index (χ3n) is 2.17. The lowest BCUT2D eigenvalue weighted by atomic mass is 10.2. The highest BCUT2D eigenvalue weighted by molar-refractivity contribution is 7.90. The lowest BCUT2D eigenvalue weighted by molar-refractivity contribution is 0.587. The van der Waals surface area contributed by atoms with E-state index in [4.69, 9.17) is 28.9 Å². The van der Waals surface area contributed by atoms with Crippen molar-refractivity contribution in [1.82, 2.24) is 15.2 Å². The van der Waals surface area contributed by atoms with Crippen molar-refractivity contribution in [3.8, 4) is 0 Å². The Labute approximate surface area is 113 Å². The summed E-state index contributed by atoms with van der Waals surface area (Å²) in [5, 5.41) is 5.95. The van der Waals surface area contributed by atoms with Gasteiger partial charge in [0.1, 0.15) is 0 Å². The maximum Gasteiger partial charge on any atom is 0.245 e. The SMILES string of the molecule is Nc1n[nH]c(S(=O)(=O)Cc2c(Cl)cccc2Cl)n1. The van der Waals surface area contributed by atoms with Crippen LogP contribution in [0.5, 0.6) is 0 Å². The highest BCUT2D eigenvalue weighted by Gasteiger charge is 2.22. The molecule has 1 aromatic heterocycles. The van der Waals surface area contributed by atoms with Crippen molar-refractivity contribution in [2.75, 3.05) is 5.73 Å². The second-order valence-corrected chi connectivity index (χ2v) is 6.18. The Balaban J connectivity index is 2.40. The molecule has 3 N–H and O–H groups in total. The van der Waals surface area contributed by atoms with Gasteiger partial charge in [-0.15, -0.1) is 5.10 Å². The number of hydrogen-bond acceptors (Lipinski definition) is 5. The first-order valence-electron chi connectivity index (χ1n) is 4.73. The van der Waals surface area contributed by atoms with Crippen molar-refractivity contribution in [3.05, 3.63) is 33.8 Å². The quantitative estimate of drug-likeness (QED) is 0.898. The van der Waals surface area contributed by atoms with Crippen LogP contribution in [0.4, 0.5) is 5.95 Å². The van der Waals surface area contributed by atoms with E-state index < -0.39 is 9.84 Å². The average Bonchev–Trinajstić information content (AvgIpc) is 2.71. The topological polar surface area (TPSA) is 102 Å². The molecule has 0 saturated heterocycles. The van der Waals surface area contributed by atoms with Gasteiger partial charge in [-0.1, -0.05) is 29.3 Å². The fraction of sp³-hybridized carbons (Fsp3) is 0.111. The molecule has 0 aliphatic carbocycles. The van der Waals surface area contributed by atoms with Crippen LogP contribution in [-0.4, -0.2) is 23.6 Å². The number of hydrogen-bond donors (Lipinski definition) is 2. The summed E-state index contributed by atoms with van der Waals surface area (Å²) < 4.78 is 24.0. The summed E-state index contributed by atoms with van der Waals surface area (Å²) >= 11 is 11.8. The van der Waals surface area contributed by atoms with Gasteiger partial charge in [0.15, 0.2) is 0 Å². The van der Waals surface area contributed by atoms with Crippen LogP contribution in [0.25, 0.3) is 0 Å². The first kappa shape index (κ1) is 13.1. The Morgan fingerprint density at radius 2 is 1.89 bits per heavy atom. The third-order valence-corrected chi connectivity index (χ3v) is 4.32. The second kappa shape index (κ2) is 4.75. The number of aromatic nitrogens is 3. The average molecular weight is 307 g/mol. The number of nitrogen functional groups attached to an aromatic ring is 1. The van der Waals surface area contributed by atoms with Crippen molar-refractivity contribution in [2.24, 2.45) is 0 Å². The van der Waals surface area contributed by atoms with Crippen LogP contribution in [-0.2, 0) is 15.6 Å². The number of benzene rings is 1. The number of aromatic amines is 1. The molecule has 0 spiro atoms. The van der Waals surface area contributed by atoms with E-state index in [0.29, 0.717) is 5.56 Å². The Hall–Kier alpha value is -1.31. The standard InChI is InChI=1S/C9H8Cl2N4O2S/c10-6-2-1-3-7(11)5(6)4-18(16,17)9-13-8(12)14-15-9/h1-3H,4H2,(H3,12,13,14,15). The van der Waals surface area contributed by atoms with E-state index in [1.807, 2.05) is 0 Å². The van der Waals surface area contributed by atoms with Crippen LogP contribution in [0.15, 0.2) is 23.4 Å². The second-order valence-electron chi connectivity index (χ2n) is 3.46.